The summed E-state index contributed by atoms with van der Waals surface area (Å²) in [5.41, 5.74) is 0. The third kappa shape index (κ3) is 6.99. The van der Waals surface area contributed by atoms with Crippen LogP contribution in [0, 0.1) is 0 Å². The first-order valence-electron chi connectivity index (χ1n) is 4.31. The van der Waals surface area contributed by atoms with E-state index in [0.717, 1.165) is 6.92 Å². The van der Waals surface area contributed by atoms with Crippen LogP contribution in [0.5, 0.6) is 0 Å². The number of carbonyl (C=O) groups is 3. The number of carboxylic acids is 1. The van der Waals surface area contributed by atoms with Gasteiger partial charge in [-0.3, -0.25) is 9.59 Å². The van der Waals surface area contributed by atoms with E-state index in [4.69, 9.17) is 5.11 Å². The van der Waals surface area contributed by atoms with E-state index in [-0.39, 0.29) is 6.42 Å². The molecule has 0 unspecified atom stereocenters. The van der Waals surface area contributed by atoms with Gasteiger partial charge in [0.15, 0.2) is 6.61 Å². The molecule has 0 aromatic rings. The van der Waals surface area contributed by atoms with Crippen molar-refractivity contribution in [3.8, 4) is 0 Å². The summed E-state index contributed by atoms with van der Waals surface area (Å²) in [6.07, 6.45) is 0.0567. The monoisotopic (exact) mass is 293 g/mol. The minimum atomic E-state index is -1.18. The fraction of sp³-hybridized carbons (Fsp3) is 0.444. The van der Waals surface area contributed by atoms with Crippen LogP contribution in [0.25, 0.3) is 0 Å². The third-order valence-corrected chi connectivity index (χ3v) is 1.79. The highest BCUT2D eigenvalue weighted by Gasteiger charge is 2.20. The van der Waals surface area contributed by atoms with Gasteiger partial charge in [-0.05, 0) is 4.48 Å². The Morgan fingerprint density at radius 3 is 2.44 bits per heavy atom. The number of carbonyl (C=O) groups excluding carboxylic acids is 2. The number of hydrogen-bond donors (Lipinski definition) is 2. The number of ether oxygens (including phenoxy) is 1. The quantitative estimate of drug-likeness (QED) is 0.692. The number of hydrogen-bond acceptors (Lipinski definition) is 4. The molecule has 2 N–H and O–H groups in total. The molecule has 7 heteroatoms. The van der Waals surface area contributed by atoms with E-state index in [9.17, 15) is 14.4 Å². The van der Waals surface area contributed by atoms with Gasteiger partial charge in [-0.2, -0.15) is 0 Å². The first-order valence-corrected chi connectivity index (χ1v) is 5.11. The first kappa shape index (κ1) is 14.6. The lowest BCUT2D eigenvalue weighted by atomic mass is 10.2. The molecule has 0 aliphatic heterocycles. The van der Waals surface area contributed by atoms with Crippen LogP contribution >= 0.6 is 15.9 Å². The molecule has 0 aliphatic carbocycles. The van der Waals surface area contributed by atoms with Gasteiger partial charge >= 0.3 is 11.9 Å². The van der Waals surface area contributed by atoms with E-state index in [1.54, 1.807) is 0 Å². The molecule has 6 nitrogen and oxygen atoms in total. The Hall–Kier alpha value is -1.37. The highest BCUT2D eigenvalue weighted by atomic mass is 79.9. The third-order valence-electron chi connectivity index (χ3n) is 1.47. The Morgan fingerprint density at radius 2 is 2.06 bits per heavy atom. The SMILES string of the molecule is C=C(Br)C[C@@H](NC(=O)COC(C)=O)C(=O)O. The number of halogens is 1. The Balaban J connectivity index is 4.18. The van der Waals surface area contributed by atoms with Crippen molar-refractivity contribution >= 4 is 33.8 Å². The molecule has 1 atom stereocenters. The highest BCUT2D eigenvalue weighted by molar-refractivity contribution is 9.11. The van der Waals surface area contributed by atoms with Crippen molar-refractivity contribution in [2.75, 3.05) is 6.61 Å². The lowest BCUT2D eigenvalue weighted by Crippen LogP contribution is -2.42. The van der Waals surface area contributed by atoms with E-state index in [1.807, 2.05) is 0 Å². The summed E-state index contributed by atoms with van der Waals surface area (Å²) in [6, 6.07) is -1.09. The van der Waals surface area contributed by atoms with Crippen LogP contribution in [0.4, 0.5) is 0 Å². The summed E-state index contributed by atoms with van der Waals surface area (Å²) in [6.45, 7) is 4.14. The molecular formula is C9H12BrNO5. The minimum absolute atomic E-state index is 0.0567. The first-order chi connectivity index (χ1) is 7.32. The minimum Gasteiger partial charge on any atom is -0.480 e. The van der Waals surface area contributed by atoms with Gasteiger partial charge in [-0.25, -0.2) is 4.79 Å². The van der Waals surface area contributed by atoms with Crippen molar-refractivity contribution < 1.29 is 24.2 Å². The maximum absolute atomic E-state index is 11.1. The van der Waals surface area contributed by atoms with Gasteiger partial charge in [0, 0.05) is 13.3 Å². The van der Waals surface area contributed by atoms with E-state index < -0.39 is 30.5 Å². The largest absolute Gasteiger partial charge is 0.480 e. The average molecular weight is 294 g/mol. The van der Waals surface area contributed by atoms with Crippen molar-refractivity contribution in [1.82, 2.24) is 5.32 Å². The van der Waals surface area contributed by atoms with Crippen LogP contribution in [0.3, 0.4) is 0 Å². The molecule has 0 aromatic heterocycles. The Labute approximate surface area is 101 Å². The smallest absolute Gasteiger partial charge is 0.326 e. The lowest BCUT2D eigenvalue weighted by molar-refractivity contribution is -0.147. The molecule has 0 aliphatic rings. The summed E-state index contributed by atoms with van der Waals surface area (Å²) in [4.78, 5) is 32.3. The maximum atomic E-state index is 11.1. The summed E-state index contributed by atoms with van der Waals surface area (Å²) in [7, 11) is 0. The Kier molecular flexibility index (Phi) is 6.40. The maximum Gasteiger partial charge on any atom is 0.326 e. The molecule has 0 rings (SSSR count). The van der Waals surface area contributed by atoms with Gasteiger partial charge in [-0.1, -0.05) is 22.5 Å². The summed E-state index contributed by atoms with van der Waals surface area (Å²) >= 11 is 3.00. The fourth-order valence-corrected chi connectivity index (χ4v) is 1.15. The highest BCUT2D eigenvalue weighted by Crippen LogP contribution is 2.10. The van der Waals surface area contributed by atoms with Crippen molar-refractivity contribution in [3.63, 3.8) is 0 Å². The van der Waals surface area contributed by atoms with Gasteiger partial charge in [0.25, 0.3) is 5.91 Å². The number of amides is 1. The lowest BCUT2D eigenvalue weighted by Gasteiger charge is -2.13. The van der Waals surface area contributed by atoms with Gasteiger partial charge in [-0.15, -0.1) is 0 Å². The molecule has 0 saturated heterocycles. The number of aliphatic carboxylic acids is 1. The summed E-state index contributed by atoms with van der Waals surface area (Å²) in [5.74, 6) is -2.46. The van der Waals surface area contributed by atoms with Crippen LogP contribution in [0.2, 0.25) is 0 Å². The molecule has 0 saturated carbocycles. The van der Waals surface area contributed by atoms with E-state index in [0.29, 0.717) is 4.48 Å². The number of carboxylic acid groups (broad SMARTS) is 1. The second-order valence-electron chi connectivity index (χ2n) is 2.96. The molecular weight excluding hydrogens is 282 g/mol. The Morgan fingerprint density at radius 1 is 1.50 bits per heavy atom. The zero-order chi connectivity index (χ0) is 12.7. The normalized spacial score (nSPS) is 11.4. The van der Waals surface area contributed by atoms with Gasteiger partial charge < -0.3 is 15.2 Å². The van der Waals surface area contributed by atoms with Crippen molar-refractivity contribution in [2.45, 2.75) is 19.4 Å². The van der Waals surface area contributed by atoms with Crippen molar-refractivity contribution in [2.24, 2.45) is 0 Å². The van der Waals surface area contributed by atoms with E-state index >= 15 is 0 Å². The van der Waals surface area contributed by atoms with Crippen LogP contribution in [0.1, 0.15) is 13.3 Å². The van der Waals surface area contributed by atoms with Crippen molar-refractivity contribution in [1.29, 1.82) is 0 Å². The summed E-state index contributed by atoms with van der Waals surface area (Å²) < 4.78 is 4.86. The van der Waals surface area contributed by atoms with E-state index in [1.165, 1.54) is 0 Å². The molecule has 16 heavy (non-hydrogen) atoms. The number of nitrogens with one attached hydrogen (secondary N) is 1. The van der Waals surface area contributed by atoms with E-state index in [2.05, 4.69) is 32.6 Å². The molecule has 90 valence electrons. The number of esters is 1. The predicted octanol–water partition coefficient (Wildman–Crippen LogP) is 0.418. The average Bonchev–Trinajstić information content (AvgIpc) is 2.12. The molecule has 0 heterocycles. The van der Waals surface area contributed by atoms with Crippen molar-refractivity contribution in [3.05, 3.63) is 11.1 Å². The summed E-state index contributed by atoms with van der Waals surface area (Å²) in [5, 5.41) is 11.0. The molecule has 0 aromatic carbocycles. The molecule has 0 bridgehead atoms. The fourth-order valence-electron chi connectivity index (χ4n) is 0.825. The van der Waals surface area contributed by atoms with Crippen LogP contribution in [0.15, 0.2) is 11.1 Å². The molecule has 0 radical (unpaired) electrons. The molecule has 0 fully saturated rings. The second-order valence-corrected chi connectivity index (χ2v) is 4.08. The number of rotatable bonds is 6. The zero-order valence-electron chi connectivity index (χ0n) is 8.66. The van der Waals surface area contributed by atoms with Gasteiger partial charge in [0.2, 0.25) is 0 Å². The standard InChI is InChI=1S/C9H12BrNO5/c1-5(10)3-7(9(14)15)11-8(13)4-16-6(2)12/h7H,1,3-4H2,2H3,(H,11,13)(H,14,15)/t7-/m1/s1. The van der Waals surface area contributed by atoms with Crippen LogP contribution in [-0.4, -0.2) is 35.6 Å². The zero-order valence-corrected chi connectivity index (χ0v) is 10.2. The van der Waals surface area contributed by atoms with Gasteiger partial charge in [0.1, 0.15) is 6.04 Å². The second kappa shape index (κ2) is 7.00. The Bertz CT molecular complexity index is 315. The topological polar surface area (TPSA) is 92.7 Å². The predicted molar refractivity (Wildman–Crippen MR) is 58.9 cm³/mol. The van der Waals surface area contributed by atoms with Crippen LogP contribution < -0.4 is 5.32 Å². The molecule has 0 spiro atoms. The molecule has 1 amide bonds. The van der Waals surface area contributed by atoms with Gasteiger partial charge in [0.05, 0.1) is 0 Å². The van der Waals surface area contributed by atoms with Crippen LogP contribution in [-0.2, 0) is 19.1 Å².